The number of benzene rings is 3. The van der Waals surface area contributed by atoms with Crippen molar-refractivity contribution in [1.29, 1.82) is 0 Å². The summed E-state index contributed by atoms with van der Waals surface area (Å²) in [6.07, 6.45) is 2.02. The fourth-order valence-corrected chi connectivity index (χ4v) is 4.41. The minimum Gasteiger partial charge on any atom is -0.480 e. The number of carbonyl (C=O) groups is 2. The number of hydrogen-bond acceptors (Lipinski definition) is 2. The van der Waals surface area contributed by atoms with Gasteiger partial charge in [-0.2, -0.15) is 0 Å². The molecule has 30 heavy (non-hydrogen) atoms. The summed E-state index contributed by atoms with van der Waals surface area (Å²) < 4.78 is 0. The molecule has 1 heterocycles. The van der Waals surface area contributed by atoms with Gasteiger partial charge < -0.3 is 15.4 Å². The first kappa shape index (κ1) is 18.2. The molecule has 1 aliphatic rings. The van der Waals surface area contributed by atoms with Crippen LogP contribution in [0, 0.1) is 0 Å². The molecule has 0 aliphatic heterocycles. The Labute approximate surface area is 173 Å². The second-order valence-corrected chi connectivity index (χ2v) is 7.57. The summed E-state index contributed by atoms with van der Waals surface area (Å²) in [5.74, 6) is -1.85. The first-order chi connectivity index (χ1) is 14.6. The highest BCUT2D eigenvalue weighted by Crippen LogP contribution is 2.44. The second-order valence-electron chi connectivity index (χ2n) is 7.57. The van der Waals surface area contributed by atoms with Gasteiger partial charge in [0.15, 0.2) is 0 Å². The highest BCUT2D eigenvalue weighted by molar-refractivity contribution is 5.98. The predicted molar refractivity (Wildman–Crippen MR) is 115 cm³/mol. The van der Waals surface area contributed by atoms with Gasteiger partial charge in [-0.1, -0.05) is 66.7 Å². The molecule has 148 valence electrons. The number of nitrogens with one attached hydrogen (secondary N) is 2. The van der Waals surface area contributed by atoms with Crippen molar-refractivity contribution < 1.29 is 14.7 Å². The maximum absolute atomic E-state index is 13.3. The lowest BCUT2D eigenvalue weighted by Gasteiger charge is -2.19. The van der Waals surface area contributed by atoms with Crippen molar-refractivity contribution >= 4 is 22.8 Å². The van der Waals surface area contributed by atoms with Gasteiger partial charge in [0.1, 0.15) is 6.04 Å². The van der Waals surface area contributed by atoms with Crippen molar-refractivity contribution in [1.82, 2.24) is 10.3 Å². The zero-order valence-electron chi connectivity index (χ0n) is 16.1. The first-order valence-electron chi connectivity index (χ1n) is 9.90. The number of H-pyrrole nitrogens is 1. The Morgan fingerprint density at radius 1 is 0.900 bits per heavy atom. The van der Waals surface area contributed by atoms with Crippen LogP contribution in [0.2, 0.25) is 0 Å². The van der Waals surface area contributed by atoms with Crippen LogP contribution in [0.1, 0.15) is 22.6 Å². The molecule has 0 saturated heterocycles. The van der Waals surface area contributed by atoms with Crippen LogP contribution in [0.15, 0.2) is 79.0 Å². The molecule has 5 heteroatoms. The third-order valence-corrected chi connectivity index (χ3v) is 5.81. The first-order valence-corrected chi connectivity index (χ1v) is 9.90. The molecule has 0 fully saturated rings. The topological polar surface area (TPSA) is 82.2 Å². The minimum atomic E-state index is -1.05. The molecule has 0 unspecified atom stereocenters. The molecule has 1 aliphatic carbocycles. The number of hydrogen-bond donors (Lipinski definition) is 3. The Kier molecular flexibility index (Phi) is 4.36. The van der Waals surface area contributed by atoms with Gasteiger partial charge in [0, 0.05) is 23.5 Å². The van der Waals surface area contributed by atoms with E-state index in [1.807, 2.05) is 79.0 Å². The zero-order valence-corrected chi connectivity index (χ0v) is 16.1. The molecule has 3 N–H and O–H groups in total. The molecule has 5 rings (SSSR count). The summed E-state index contributed by atoms with van der Waals surface area (Å²) in [5, 5.41) is 13.6. The fraction of sp³-hybridized carbons (Fsp3) is 0.120. The predicted octanol–water partition coefficient (Wildman–Crippen LogP) is 4.09. The number of aromatic amines is 1. The molecule has 1 aromatic heterocycles. The van der Waals surface area contributed by atoms with E-state index in [0.717, 1.165) is 38.7 Å². The van der Waals surface area contributed by atoms with E-state index in [1.54, 1.807) is 0 Å². The van der Waals surface area contributed by atoms with E-state index in [2.05, 4.69) is 10.3 Å². The molecule has 0 saturated carbocycles. The molecule has 3 aromatic carbocycles. The van der Waals surface area contributed by atoms with Gasteiger partial charge in [-0.05, 0) is 33.9 Å². The van der Waals surface area contributed by atoms with E-state index in [9.17, 15) is 14.7 Å². The highest BCUT2D eigenvalue weighted by atomic mass is 16.4. The van der Waals surface area contributed by atoms with E-state index in [0.29, 0.717) is 0 Å². The van der Waals surface area contributed by atoms with Crippen LogP contribution in [0.5, 0.6) is 0 Å². The van der Waals surface area contributed by atoms with Crippen LogP contribution < -0.4 is 5.32 Å². The number of carboxylic acid groups (broad SMARTS) is 1. The van der Waals surface area contributed by atoms with Gasteiger partial charge in [0.2, 0.25) is 5.91 Å². The van der Waals surface area contributed by atoms with Gasteiger partial charge in [-0.25, -0.2) is 4.79 Å². The SMILES string of the molecule is O=C(N[C@@H](Cc1c[nH]c2ccccc12)C(=O)O)C1c2ccccc2-c2ccccc21. The quantitative estimate of drug-likeness (QED) is 0.475. The Bertz CT molecular complexity index is 1230. The van der Waals surface area contributed by atoms with Crippen molar-refractivity contribution in [3.8, 4) is 11.1 Å². The molecule has 0 bridgehead atoms. The van der Waals surface area contributed by atoms with Gasteiger partial charge in [-0.15, -0.1) is 0 Å². The lowest BCUT2D eigenvalue weighted by molar-refractivity contribution is -0.141. The van der Waals surface area contributed by atoms with E-state index < -0.39 is 17.9 Å². The maximum Gasteiger partial charge on any atom is 0.326 e. The molecule has 0 spiro atoms. The number of para-hydroxylation sites is 1. The summed E-state index contributed by atoms with van der Waals surface area (Å²) >= 11 is 0. The monoisotopic (exact) mass is 396 g/mol. The summed E-state index contributed by atoms with van der Waals surface area (Å²) in [7, 11) is 0. The van der Waals surface area contributed by atoms with Crippen LogP contribution in [-0.2, 0) is 16.0 Å². The lowest BCUT2D eigenvalue weighted by atomic mass is 9.95. The number of carboxylic acids is 1. The van der Waals surface area contributed by atoms with Crippen LogP contribution in [0.4, 0.5) is 0 Å². The van der Waals surface area contributed by atoms with E-state index in [1.165, 1.54) is 0 Å². The number of aliphatic carboxylic acids is 1. The molecular formula is C25H20N2O3. The maximum atomic E-state index is 13.3. The van der Waals surface area contributed by atoms with Crippen molar-refractivity contribution in [3.63, 3.8) is 0 Å². The zero-order chi connectivity index (χ0) is 20.7. The summed E-state index contributed by atoms with van der Waals surface area (Å²) in [6.45, 7) is 0. The Balaban J connectivity index is 1.45. The highest BCUT2D eigenvalue weighted by Gasteiger charge is 2.35. The third kappa shape index (κ3) is 2.95. The van der Waals surface area contributed by atoms with Crippen molar-refractivity contribution in [2.75, 3.05) is 0 Å². The minimum absolute atomic E-state index is 0.209. The largest absolute Gasteiger partial charge is 0.480 e. The molecule has 1 atom stereocenters. The molecule has 0 radical (unpaired) electrons. The fourth-order valence-electron chi connectivity index (χ4n) is 4.41. The second kappa shape index (κ2) is 7.19. The molecule has 1 amide bonds. The molecular weight excluding hydrogens is 376 g/mol. The average Bonchev–Trinajstić information content (AvgIpc) is 3.32. The van der Waals surface area contributed by atoms with Crippen molar-refractivity contribution in [2.24, 2.45) is 0 Å². The smallest absolute Gasteiger partial charge is 0.326 e. The number of carbonyl (C=O) groups excluding carboxylic acids is 1. The summed E-state index contributed by atoms with van der Waals surface area (Å²) in [5.41, 5.74) is 5.68. The Morgan fingerprint density at radius 2 is 1.50 bits per heavy atom. The number of rotatable bonds is 5. The Morgan fingerprint density at radius 3 is 2.17 bits per heavy atom. The Hall–Kier alpha value is -3.86. The van der Waals surface area contributed by atoms with E-state index in [-0.39, 0.29) is 12.3 Å². The van der Waals surface area contributed by atoms with Crippen LogP contribution >= 0.6 is 0 Å². The van der Waals surface area contributed by atoms with Crippen LogP contribution in [-0.4, -0.2) is 28.0 Å². The van der Waals surface area contributed by atoms with E-state index in [4.69, 9.17) is 0 Å². The normalized spacial score (nSPS) is 13.6. The summed E-state index contributed by atoms with van der Waals surface area (Å²) in [6, 6.07) is 22.3. The average molecular weight is 396 g/mol. The van der Waals surface area contributed by atoms with Gasteiger partial charge in [-0.3, -0.25) is 4.79 Å². The number of fused-ring (bicyclic) bond motifs is 4. The van der Waals surface area contributed by atoms with Gasteiger partial charge in [0.25, 0.3) is 0 Å². The van der Waals surface area contributed by atoms with Crippen LogP contribution in [0.25, 0.3) is 22.0 Å². The van der Waals surface area contributed by atoms with Crippen LogP contribution in [0.3, 0.4) is 0 Å². The van der Waals surface area contributed by atoms with Gasteiger partial charge in [0.05, 0.1) is 5.92 Å². The molecule has 5 nitrogen and oxygen atoms in total. The number of amides is 1. The van der Waals surface area contributed by atoms with Crippen molar-refractivity contribution in [3.05, 3.63) is 95.7 Å². The number of aromatic nitrogens is 1. The standard InChI is InChI=1S/C25H20N2O3/c28-24(23-19-10-3-1-8-17(19)18-9-2-4-11-20(18)23)27-22(25(29)30)13-15-14-26-21-12-6-5-7-16(15)21/h1-12,14,22-23,26H,13H2,(H,27,28)(H,29,30)/t22-/m0/s1. The van der Waals surface area contributed by atoms with Gasteiger partial charge >= 0.3 is 5.97 Å². The van der Waals surface area contributed by atoms with Crippen molar-refractivity contribution in [2.45, 2.75) is 18.4 Å². The molecule has 4 aromatic rings. The lowest BCUT2D eigenvalue weighted by Crippen LogP contribution is -2.44. The third-order valence-electron chi connectivity index (χ3n) is 5.81. The van der Waals surface area contributed by atoms with E-state index >= 15 is 0 Å². The summed E-state index contributed by atoms with van der Waals surface area (Å²) in [4.78, 5) is 28.4.